The van der Waals surface area contributed by atoms with Gasteiger partial charge in [-0.25, -0.2) is 0 Å². The fraction of sp³-hybridized carbons (Fsp3) is 0. The number of nitrogens with two attached hydrogens (primary N) is 2. The zero-order valence-corrected chi connectivity index (χ0v) is 7.28. The first-order valence-electron chi connectivity index (χ1n) is 3.57. The third-order valence-electron chi connectivity index (χ3n) is 1.64. The van der Waals surface area contributed by atoms with E-state index >= 15 is 0 Å². The van der Waals surface area contributed by atoms with Gasteiger partial charge in [0, 0.05) is 0 Å². The molecule has 1 aromatic rings. The molecule has 1 aliphatic rings. The Morgan fingerprint density at radius 1 is 0.933 bits per heavy atom. The molecule has 15 heavy (non-hydrogen) atoms. The number of carbonyl (C=O) groups excluding carboxylic acids is 2. The van der Waals surface area contributed by atoms with E-state index in [4.69, 9.17) is 0 Å². The molecular weight excluding hydrogens is 225 g/mol. The average Bonchev–Trinajstić information content (AvgIpc) is 2.47. The molecule has 1 heterocycles. The summed E-state index contributed by atoms with van der Waals surface area (Å²) < 4.78 is 0. The molecule has 1 aromatic carbocycles. The zero-order chi connectivity index (χ0) is 9.84. The summed E-state index contributed by atoms with van der Waals surface area (Å²) in [6.45, 7) is 0. The van der Waals surface area contributed by atoms with Crippen molar-refractivity contribution in [3.8, 4) is 0 Å². The van der Waals surface area contributed by atoms with Crippen molar-refractivity contribution >= 4 is 63.2 Å². The van der Waals surface area contributed by atoms with Crippen molar-refractivity contribution in [1.82, 2.24) is 5.32 Å². The molecule has 1 aliphatic heterocycles. The molecule has 7 heteroatoms. The molecule has 0 radical (unpaired) electrons. The van der Waals surface area contributed by atoms with Crippen LogP contribution in [0.1, 0.15) is 20.7 Å². The van der Waals surface area contributed by atoms with Crippen molar-refractivity contribution in [2.24, 2.45) is 11.7 Å². The molecule has 0 aliphatic carbocycles. The maximum atomic E-state index is 10.9. The number of nitrogens with one attached hydrogen (secondary N) is 1. The van der Waals surface area contributed by atoms with Crippen LogP contribution in [0.25, 0.3) is 0 Å². The Labute approximate surface area is 129 Å². The van der Waals surface area contributed by atoms with Gasteiger partial charge in [0.15, 0.2) is 0 Å². The normalized spacial score (nSPS) is 11.1. The van der Waals surface area contributed by atoms with Gasteiger partial charge in [-0.1, -0.05) is 12.1 Å². The molecule has 2 amide bonds. The minimum absolute atomic E-state index is 0. The van der Waals surface area contributed by atoms with Gasteiger partial charge in [0.2, 0.25) is 0 Å². The van der Waals surface area contributed by atoms with Gasteiger partial charge in [0.05, 0.1) is 11.1 Å². The number of imide groups is 1. The van der Waals surface area contributed by atoms with E-state index in [-0.39, 0.29) is 68.7 Å². The molecule has 0 saturated carbocycles. The van der Waals surface area contributed by atoms with Gasteiger partial charge in [-0.15, -0.1) is 0 Å². The Morgan fingerprint density at radius 2 is 1.27 bits per heavy atom. The molecule has 0 fully saturated rings. The van der Waals surface area contributed by atoms with Crippen molar-refractivity contribution in [3.05, 3.63) is 35.4 Å². The number of benzene rings is 1. The second kappa shape index (κ2) is 8.08. The fourth-order valence-electron chi connectivity index (χ4n) is 1.12. The average molecular weight is 237 g/mol. The van der Waals surface area contributed by atoms with Crippen molar-refractivity contribution in [2.75, 3.05) is 0 Å². The third kappa shape index (κ3) is 3.74. The van der Waals surface area contributed by atoms with Crippen LogP contribution >= 0.6 is 0 Å². The first-order chi connectivity index (χ1) is 6.29. The van der Waals surface area contributed by atoms with Gasteiger partial charge in [0.25, 0.3) is 11.8 Å². The van der Waals surface area contributed by atoms with Gasteiger partial charge < -0.3 is 5.48 Å². The summed E-state index contributed by atoms with van der Waals surface area (Å²) in [4.78, 5) is 21.9. The van der Waals surface area contributed by atoms with E-state index in [2.05, 4.69) is 17.0 Å². The molecule has 0 bridgehead atoms. The molecular formula is C8H12KN3O3. The number of rotatable bonds is 0. The van der Waals surface area contributed by atoms with Crippen LogP contribution < -0.4 is 17.0 Å². The summed E-state index contributed by atoms with van der Waals surface area (Å²) >= 11 is 0. The predicted molar refractivity (Wildman–Crippen MR) is 57.4 cm³/mol. The van der Waals surface area contributed by atoms with Gasteiger partial charge >= 0.3 is 51.4 Å². The fourth-order valence-corrected chi connectivity index (χ4v) is 1.12. The summed E-state index contributed by atoms with van der Waals surface area (Å²) in [6, 6.07) is 6.74. The number of carbonyl (C=O) groups is 2. The molecule has 0 saturated heterocycles. The Kier molecular flexibility index (Phi) is 9.30. The van der Waals surface area contributed by atoms with Crippen LogP contribution in [0.15, 0.2) is 24.3 Å². The SMILES string of the molecule is NN.O.O=C1NC(=O)c2ccccc21.[KH]. The quantitative estimate of drug-likeness (QED) is 0.207. The van der Waals surface area contributed by atoms with Crippen molar-refractivity contribution in [3.63, 3.8) is 0 Å². The molecule has 0 atom stereocenters. The van der Waals surface area contributed by atoms with Crippen LogP contribution in [0.5, 0.6) is 0 Å². The summed E-state index contributed by atoms with van der Waals surface area (Å²) in [6.07, 6.45) is 0. The van der Waals surface area contributed by atoms with Crippen molar-refractivity contribution < 1.29 is 15.1 Å². The summed E-state index contributed by atoms with van der Waals surface area (Å²) in [5, 5.41) is 2.20. The minimum atomic E-state index is -0.300. The van der Waals surface area contributed by atoms with E-state index in [9.17, 15) is 9.59 Å². The van der Waals surface area contributed by atoms with Gasteiger partial charge in [-0.3, -0.25) is 26.6 Å². The molecule has 78 valence electrons. The van der Waals surface area contributed by atoms with E-state index in [1.807, 2.05) is 0 Å². The zero-order valence-electron chi connectivity index (χ0n) is 7.28. The summed E-state index contributed by atoms with van der Waals surface area (Å²) in [7, 11) is 0. The predicted octanol–water partition coefficient (Wildman–Crippen LogP) is -2.08. The van der Waals surface area contributed by atoms with Gasteiger partial charge in [-0.05, 0) is 12.1 Å². The molecule has 0 unspecified atom stereocenters. The molecule has 0 aromatic heterocycles. The van der Waals surface area contributed by atoms with Crippen molar-refractivity contribution in [2.45, 2.75) is 0 Å². The number of amides is 2. The number of fused-ring (bicyclic) bond motifs is 1. The van der Waals surface area contributed by atoms with Gasteiger partial charge in [0.1, 0.15) is 0 Å². The molecule has 6 nitrogen and oxygen atoms in total. The number of hydrazine groups is 1. The van der Waals surface area contributed by atoms with Crippen LogP contribution in [-0.4, -0.2) is 68.7 Å². The van der Waals surface area contributed by atoms with E-state index in [0.29, 0.717) is 11.1 Å². The third-order valence-corrected chi connectivity index (χ3v) is 1.64. The van der Waals surface area contributed by atoms with Crippen LogP contribution in [0, 0.1) is 0 Å². The Hall–Kier alpha value is -0.124. The van der Waals surface area contributed by atoms with Crippen LogP contribution in [-0.2, 0) is 0 Å². The van der Waals surface area contributed by atoms with E-state index < -0.39 is 0 Å². The van der Waals surface area contributed by atoms with E-state index in [1.54, 1.807) is 24.3 Å². The summed E-state index contributed by atoms with van der Waals surface area (Å²) in [5.74, 6) is 7.40. The monoisotopic (exact) mass is 237 g/mol. The van der Waals surface area contributed by atoms with E-state index in [0.717, 1.165) is 0 Å². The Balaban J connectivity index is 0. The van der Waals surface area contributed by atoms with Crippen LogP contribution in [0.3, 0.4) is 0 Å². The van der Waals surface area contributed by atoms with Crippen LogP contribution in [0.2, 0.25) is 0 Å². The number of hydrogen-bond acceptors (Lipinski definition) is 4. The van der Waals surface area contributed by atoms with Gasteiger partial charge in [-0.2, -0.15) is 0 Å². The number of hydrogen-bond donors (Lipinski definition) is 3. The van der Waals surface area contributed by atoms with Crippen LogP contribution in [0.4, 0.5) is 0 Å². The second-order valence-corrected chi connectivity index (χ2v) is 2.33. The first-order valence-corrected chi connectivity index (χ1v) is 3.57. The molecule has 7 N–H and O–H groups in total. The second-order valence-electron chi connectivity index (χ2n) is 2.33. The molecule has 0 spiro atoms. The molecule has 2 rings (SSSR count). The Morgan fingerprint density at radius 3 is 1.60 bits per heavy atom. The Bertz CT molecular complexity index is 324. The summed E-state index contributed by atoms with van der Waals surface area (Å²) in [5.41, 5.74) is 0.940. The maximum absolute atomic E-state index is 10.9. The van der Waals surface area contributed by atoms with Crippen molar-refractivity contribution in [1.29, 1.82) is 0 Å². The standard InChI is InChI=1S/C8H5NO2.K.H4N2.H2O.H/c10-7-5-3-1-2-4-6(5)8(11)9-7;;1-2;;/h1-4H,(H,9,10,11);;1-2H2;1H2;. The first kappa shape index (κ1) is 17.3. The van der Waals surface area contributed by atoms with E-state index in [1.165, 1.54) is 0 Å². The topological polar surface area (TPSA) is 130 Å².